The molecular formula is C115H124Ir4N7Si4-7. The zero-order valence-corrected chi connectivity index (χ0v) is 91.3. The third-order valence-electron chi connectivity index (χ3n) is 25.5. The van der Waals surface area contributed by atoms with Crippen LogP contribution in [0.2, 0.25) is 74.5 Å². The van der Waals surface area contributed by atoms with Crippen LogP contribution in [0.15, 0.2) is 304 Å². The third-order valence-corrected chi connectivity index (χ3v) is 44.3. The van der Waals surface area contributed by atoms with Gasteiger partial charge in [0.2, 0.25) is 0 Å². The van der Waals surface area contributed by atoms with E-state index in [-0.39, 0.29) is 80.4 Å². The Bertz CT molecular complexity index is 5640. The molecule has 15 aromatic rings. The Kier molecular flexibility index (Phi) is 42.0. The topological polar surface area (TPSA) is 90.2 Å². The maximum absolute atomic E-state index is 4.94. The molecule has 130 heavy (non-hydrogen) atoms. The minimum Gasteiger partial charge on any atom is -0.305 e. The molecule has 4 aliphatic heterocycles. The molecule has 0 unspecified atom stereocenters. The molecule has 8 aromatic carbocycles. The van der Waals surface area contributed by atoms with E-state index >= 15 is 0 Å². The molecule has 0 aliphatic carbocycles. The van der Waals surface area contributed by atoms with Gasteiger partial charge in [-0.1, -0.05) is 266 Å². The van der Waals surface area contributed by atoms with E-state index in [1.165, 1.54) is 145 Å². The average Bonchev–Trinajstić information content (AvgIpc) is 1.51. The molecule has 15 heteroatoms. The molecule has 0 amide bonds. The third kappa shape index (κ3) is 29.6. The predicted molar refractivity (Wildman–Crippen MR) is 541 cm³/mol. The van der Waals surface area contributed by atoms with E-state index in [4.69, 9.17) is 19.9 Å². The van der Waals surface area contributed by atoms with Gasteiger partial charge in [-0.15, -0.1) is 251 Å². The van der Waals surface area contributed by atoms with Crippen LogP contribution in [-0.4, -0.2) is 67.2 Å². The average molecular weight is 2490 g/mol. The second-order valence-corrected chi connectivity index (χ2v) is 55.3. The van der Waals surface area contributed by atoms with Gasteiger partial charge in [0.05, 0.1) is 32.3 Å². The van der Waals surface area contributed by atoms with Crippen LogP contribution in [0.5, 0.6) is 0 Å². The Morgan fingerprint density at radius 2 is 0.538 bits per heavy atom. The summed E-state index contributed by atoms with van der Waals surface area (Å²) in [7, 11) is -5.01. The van der Waals surface area contributed by atoms with E-state index in [1.807, 2.05) is 170 Å². The quantitative estimate of drug-likeness (QED) is 0.0703. The second kappa shape index (κ2) is 52.1. The maximum atomic E-state index is 4.94. The Morgan fingerprint density at radius 3 is 0.846 bits per heavy atom. The van der Waals surface area contributed by atoms with Crippen LogP contribution in [0.25, 0.3) is 89.9 Å². The van der Waals surface area contributed by atoms with Crippen LogP contribution >= 0.6 is 0 Å². The minimum atomic E-state index is -1.33. The molecule has 0 spiro atoms. The zero-order valence-electron chi connectivity index (χ0n) is 77.7. The summed E-state index contributed by atoms with van der Waals surface area (Å²) in [6.07, 6.45) is 27.8. The first-order valence-corrected chi connectivity index (χ1v) is 57.5. The molecule has 19 rings (SSSR count). The number of benzene rings is 8. The number of pyridine rings is 7. The molecular weight excluding hydrogens is 2360 g/mol. The molecule has 0 saturated carbocycles. The summed E-state index contributed by atoms with van der Waals surface area (Å²) in [6.45, 7) is 28.1. The van der Waals surface area contributed by atoms with Gasteiger partial charge in [0.25, 0.3) is 0 Å². The van der Waals surface area contributed by atoms with Gasteiger partial charge in [0.15, 0.2) is 0 Å². The molecule has 0 N–H and O–H groups in total. The standard InChI is InChI=1S/C26H30NSi.C20H26NSi.2C17H20NSi.2C12H10N.C11H8N.4Ir/c1-20(2)16-24-18-25(27-19-26(24)28(3)14-7-8-15-28)23-13-9-12-22(17-23)21-10-5-4-6-11-21;1-16(2)13-18-14-19(17-9-5-4-6-10-17)21-15-20(18)22(3)11-7-8-12-22;2*1-14-12-16(15-8-4-3-5-9-15)18-13-17(14)19(2)10-6-7-11-19;2*1-10-7-8-13-12(9-10)11-5-3-2-4-6-11;1-2-6-10(7-3-1)11-8-4-5-9-12-11;;;;/h4-6,9-12,17-20H,7-8,14-16H2,1-3H3;4-6,9,14-16H,7-8,11-13H2,1-3H3;2*3-5,8,12-13H,6-7,10-11H2,1-2H3;2*2-5,7-9H,1H3;1-6,8-9H;;;;/q7*-1;;;;. The molecule has 7 aromatic heterocycles. The van der Waals surface area contributed by atoms with Crippen molar-refractivity contribution >= 4 is 53.0 Å². The van der Waals surface area contributed by atoms with Crippen molar-refractivity contribution in [1.29, 1.82) is 0 Å². The van der Waals surface area contributed by atoms with Crippen LogP contribution < -0.4 is 20.7 Å². The minimum absolute atomic E-state index is 0. The molecule has 0 bridgehead atoms. The number of aryl methyl sites for hydroxylation is 4. The summed E-state index contributed by atoms with van der Waals surface area (Å²) >= 11 is 0. The predicted octanol–water partition coefficient (Wildman–Crippen LogP) is 27.4. The van der Waals surface area contributed by atoms with Crippen molar-refractivity contribution in [2.45, 2.75) is 194 Å². The number of aromatic nitrogens is 7. The maximum Gasteiger partial charge on any atom is 0.0859 e. The normalized spacial score (nSPS) is 14.3. The first kappa shape index (κ1) is 105. The van der Waals surface area contributed by atoms with Crippen LogP contribution in [-0.2, 0) is 93.3 Å². The number of nitrogens with zero attached hydrogens (tertiary/aromatic N) is 7. The fraction of sp³-hybridized carbons (Fsp3) is 0.278. The summed E-state index contributed by atoms with van der Waals surface area (Å²) in [5, 5.41) is 6.38. The van der Waals surface area contributed by atoms with Crippen molar-refractivity contribution in [1.82, 2.24) is 34.9 Å². The van der Waals surface area contributed by atoms with E-state index in [0.717, 1.165) is 85.2 Å². The zero-order chi connectivity index (χ0) is 88.1. The van der Waals surface area contributed by atoms with E-state index in [0.29, 0.717) is 11.8 Å². The molecule has 7 nitrogen and oxygen atoms in total. The van der Waals surface area contributed by atoms with Crippen molar-refractivity contribution in [2.75, 3.05) is 0 Å². The van der Waals surface area contributed by atoms with Crippen LogP contribution in [0.1, 0.15) is 112 Å². The molecule has 4 saturated heterocycles. The van der Waals surface area contributed by atoms with Crippen LogP contribution in [0.4, 0.5) is 0 Å². The largest absolute Gasteiger partial charge is 0.305 e. The van der Waals surface area contributed by atoms with Gasteiger partial charge in [-0.05, 0) is 137 Å². The Balaban J connectivity index is 0.000000173. The number of rotatable bonds is 16. The van der Waals surface area contributed by atoms with Crippen molar-refractivity contribution in [3.05, 3.63) is 380 Å². The van der Waals surface area contributed by atoms with Gasteiger partial charge in [0.1, 0.15) is 0 Å². The molecule has 4 aliphatic rings. The molecule has 0 atom stereocenters. The number of hydrogen-bond acceptors (Lipinski definition) is 7. The number of hydrogen-bond donors (Lipinski definition) is 0. The summed E-state index contributed by atoms with van der Waals surface area (Å²) in [6, 6.07) is 122. The Hall–Kier alpha value is -8.73. The smallest absolute Gasteiger partial charge is 0.0859 e. The van der Waals surface area contributed by atoms with Crippen molar-refractivity contribution in [3.8, 4) is 89.9 Å². The molecule has 11 heterocycles. The van der Waals surface area contributed by atoms with Crippen molar-refractivity contribution in [3.63, 3.8) is 0 Å². The van der Waals surface area contributed by atoms with E-state index < -0.39 is 32.3 Å². The Labute approximate surface area is 836 Å². The van der Waals surface area contributed by atoms with Crippen LogP contribution in [0.3, 0.4) is 0 Å². The second-order valence-electron chi connectivity index (χ2n) is 36.7. The van der Waals surface area contributed by atoms with E-state index in [1.54, 1.807) is 32.5 Å². The monoisotopic (exact) mass is 2490 g/mol. The fourth-order valence-electron chi connectivity index (χ4n) is 18.6. The van der Waals surface area contributed by atoms with Crippen LogP contribution in [0, 0.1) is 82.0 Å². The first-order valence-electron chi connectivity index (χ1n) is 45.8. The van der Waals surface area contributed by atoms with E-state index in [2.05, 4.69) is 267 Å². The molecule has 678 valence electrons. The van der Waals surface area contributed by atoms with Crippen molar-refractivity contribution < 1.29 is 80.4 Å². The van der Waals surface area contributed by atoms with Gasteiger partial charge >= 0.3 is 0 Å². The van der Waals surface area contributed by atoms with Gasteiger partial charge in [0, 0.05) is 124 Å². The van der Waals surface area contributed by atoms with E-state index in [9.17, 15) is 0 Å². The fourth-order valence-corrected chi connectivity index (χ4v) is 35.4. The van der Waals surface area contributed by atoms with Gasteiger partial charge in [-0.2, -0.15) is 0 Å². The van der Waals surface area contributed by atoms with Crippen molar-refractivity contribution in [2.24, 2.45) is 11.8 Å². The Morgan fingerprint density at radius 1 is 0.254 bits per heavy atom. The summed E-state index contributed by atoms with van der Waals surface area (Å²) in [4.78, 5) is 31.9. The van der Waals surface area contributed by atoms with Gasteiger partial charge < -0.3 is 34.9 Å². The van der Waals surface area contributed by atoms with Gasteiger partial charge in [-0.25, -0.2) is 0 Å². The molecule has 4 radical (unpaired) electrons. The summed E-state index contributed by atoms with van der Waals surface area (Å²) in [5.74, 6) is 1.35. The summed E-state index contributed by atoms with van der Waals surface area (Å²) < 4.78 is 0. The first-order chi connectivity index (χ1) is 61.2. The molecule has 4 fully saturated rings. The van der Waals surface area contributed by atoms with Gasteiger partial charge in [-0.3, -0.25) is 0 Å². The SMILES string of the molecule is CC(C)Cc1cc(-c2[c-]ccc(-c3ccccc3)c2)ncc1[Si]1(C)CCCC1.CC(C)Cc1cc(-c2[c-]cccc2)ncc1[Si]1(C)CCCC1.Cc1cc(-c2[c-]cccc2)ncc1[Si]1(C)CCCC1.Cc1cc(-c2[c-]cccc2)ncc1[Si]1(C)CCCC1.Cc1ccnc(-c2[c-]cccc2)c1.Cc1ccnc(-c2[c-]cccc2)c1.[Ir].[Ir].[Ir].[Ir].[c-]1ccccc1-c1ccccn1. The summed E-state index contributed by atoms with van der Waals surface area (Å²) in [5.41, 5.74) is 25.6.